The lowest BCUT2D eigenvalue weighted by atomic mass is 9.96. The molecule has 1 aliphatic heterocycles. The van der Waals surface area contributed by atoms with Gasteiger partial charge in [-0.3, -0.25) is 0 Å². The Kier molecular flexibility index (Phi) is 3.94. The minimum absolute atomic E-state index is 0.109. The molecule has 8 heteroatoms. The third kappa shape index (κ3) is 2.93. The summed E-state index contributed by atoms with van der Waals surface area (Å²) in [6.07, 6.45) is 0. The summed E-state index contributed by atoms with van der Waals surface area (Å²) in [5.74, 6) is -2.23. The zero-order chi connectivity index (χ0) is 17.5. The molecule has 0 saturated heterocycles. The number of cyclic esters (lactones) is 1. The summed E-state index contributed by atoms with van der Waals surface area (Å²) in [5.41, 5.74) is 0.996. The largest absolute Gasteiger partial charge is 0.457 e. The third-order valence-electron chi connectivity index (χ3n) is 3.55. The summed E-state index contributed by atoms with van der Waals surface area (Å²) in [5, 5.41) is 4.92. The number of carbonyl (C=O) groups is 1. The lowest BCUT2D eigenvalue weighted by Crippen LogP contribution is -2.14. The highest BCUT2D eigenvalue weighted by Crippen LogP contribution is 2.34. The van der Waals surface area contributed by atoms with Crippen LogP contribution in [0, 0.1) is 11.6 Å². The molecule has 0 aromatic heterocycles. The number of benzene rings is 2. The maximum absolute atomic E-state index is 14.0. The summed E-state index contributed by atoms with van der Waals surface area (Å²) in [4.78, 5) is 11.3. The molecule has 24 heavy (non-hydrogen) atoms. The van der Waals surface area contributed by atoms with Crippen molar-refractivity contribution in [2.45, 2.75) is 4.90 Å². The van der Waals surface area contributed by atoms with Gasteiger partial charge in [0.15, 0.2) is 0 Å². The Morgan fingerprint density at radius 1 is 1.04 bits per heavy atom. The first-order chi connectivity index (χ1) is 11.3. The summed E-state index contributed by atoms with van der Waals surface area (Å²) in [6.45, 7) is -0.126. The van der Waals surface area contributed by atoms with Gasteiger partial charge in [-0.05, 0) is 35.4 Å². The van der Waals surface area contributed by atoms with E-state index in [-0.39, 0.29) is 17.7 Å². The van der Waals surface area contributed by atoms with Crippen LogP contribution in [-0.2, 0) is 19.6 Å². The molecular formula is C16H11F2NO4S. The molecule has 3 rings (SSSR count). The van der Waals surface area contributed by atoms with Crippen molar-refractivity contribution in [3.63, 3.8) is 0 Å². The van der Waals surface area contributed by atoms with Gasteiger partial charge in [-0.15, -0.1) is 0 Å². The number of esters is 1. The van der Waals surface area contributed by atoms with E-state index in [1.807, 2.05) is 0 Å². The van der Waals surface area contributed by atoms with Gasteiger partial charge in [0, 0.05) is 5.57 Å². The lowest BCUT2D eigenvalue weighted by molar-refractivity contribution is -0.133. The van der Waals surface area contributed by atoms with Crippen LogP contribution in [0.15, 0.2) is 47.4 Å². The second-order valence-electron chi connectivity index (χ2n) is 5.13. The molecule has 2 aromatic carbocycles. The molecule has 0 bridgehead atoms. The fourth-order valence-electron chi connectivity index (χ4n) is 2.49. The minimum atomic E-state index is -4.19. The van der Waals surface area contributed by atoms with Gasteiger partial charge < -0.3 is 4.74 Å². The molecule has 0 atom stereocenters. The van der Waals surface area contributed by atoms with Gasteiger partial charge >= 0.3 is 5.97 Å². The topological polar surface area (TPSA) is 86.5 Å². The number of sulfonamides is 1. The Labute approximate surface area is 136 Å². The standard InChI is InChI=1S/C16H11F2NO4S/c17-11-3-1-2-10(6-11)15-12(8-23-16(15)20)9-4-5-14(13(18)7-9)24(19,21)22/h1-7H,8H2,(H2,19,21,22). The average Bonchev–Trinajstić information content (AvgIpc) is 2.87. The van der Waals surface area contributed by atoms with Gasteiger partial charge in [-0.2, -0.15) is 0 Å². The molecule has 0 aliphatic carbocycles. The quantitative estimate of drug-likeness (QED) is 0.858. The Morgan fingerprint density at radius 2 is 1.79 bits per heavy atom. The summed E-state index contributed by atoms with van der Waals surface area (Å²) in [7, 11) is -4.19. The Balaban J connectivity index is 2.16. The van der Waals surface area contributed by atoms with Gasteiger partial charge in [0.1, 0.15) is 23.1 Å². The fraction of sp³-hybridized carbons (Fsp3) is 0.0625. The van der Waals surface area contributed by atoms with Crippen molar-refractivity contribution in [3.05, 3.63) is 65.2 Å². The highest BCUT2D eigenvalue weighted by atomic mass is 32.2. The maximum atomic E-state index is 14.0. The first-order valence-electron chi connectivity index (χ1n) is 6.76. The van der Waals surface area contributed by atoms with Gasteiger partial charge in [0.2, 0.25) is 10.0 Å². The van der Waals surface area contributed by atoms with Gasteiger partial charge in [-0.25, -0.2) is 27.1 Å². The zero-order valence-corrected chi connectivity index (χ0v) is 12.9. The average molecular weight is 351 g/mol. The van der Waals surface area contributed by atoms with Gasteiger partial charge in [0.25, 0.3) is 0 Å². The van der Waals surface area contributed by atoms with Crippen LogP contribution in [-0.4, -0.2) is 21.0 Å². The second kappa shape index (κ2) is 5.81. The van der Waals surface area contributed by atoms with Crippen molar-refractivity contribution >= 4 is 27.1 Å². The zero-order valence-electron chi connectivity index (χ0n) is 12.1. The van der Waals surface area contributed by atoms with Crippen LogP contribution in [0.25, 0.3) is 11.1 Å². The molecule has 124 valence electrons. The van der Waals surface area contributed by atoms with E-state index in [9.17, 15) is 22.0 Å². The summed E-state index contributed by atoms with van der Waals surface area (Å²) >= 11 is 0. The van der Waals surface area contributed by atoms with Crippen LogP contribution in [0.4, 0.5) is 8.78 Å². The van der Waals surface area contributed by atoms with Crippen LogP contribution in [0.5, 0.6) is 0 Å². The predicted octanol–water partition coefficient (Wildman–Crippen LogP) is 2.08. The van der Waals surface area contributed by atoms with Crippen molar-refractivity contribution in [1.29, 1.82) is 0 Å². The Bertz CT molecular complexity index is 983. The molecule has 0 radical (unpaired) electrons. The summed E-state index contributed by atoms with van der Waals surface area (Å²) < 4.78 is 54.9. The number of rotatable bonds is 3. The van der Waals surface area contributed by atoms with Crippen LogP contribution >= 0.6 is 0 Å². The molecule has 1 heterocycles. The highest BCUT2D eigenvalue weighted by Gasteiger charge is 2.28. The lowest BCUT2D eigenvalue weighted by Gasteiger charge is -2.07. The SMILES string of the molecule is NS(=O)(=O)c1ccc(C2=C(c3cccc(F)c3)C(=O)OC2)cc1F. The van der Waals surface area contributed by atoms with E-state index in [2.05, 4.69) is 0 Å². The van der Waals surface area contributed by atoms with E-state index in [0.29, 0.717) is 11.1 Å². The van der Waals surface area contributed by atoms with Crippen molar-refractivity contribution in [3.8, 4) is 0 Å². The number of halogens is 2. The van der Waals surface area contributed by atoms with Gasteiger partial charge in [0.05, 0.1) is 5.57 Å². The molecule has 2 N–H and O–H groups in total. The van der Waals surface area contributed by atoms with Crippen LogP contribution < -0.4 is 5.14 Å². The number of carbonyl (C=O) groups excluding carboxylic acids is 1. The van der Waals surface area contributed by atoms with E-state index in [4.69, 9.17) is 9.88 Å². The summed E-state index contributed by atoms with van der Waals surface area (Å²) in [6, 6.07) is 8.64. The van der Waals surface area contributed by atoms with E-state index in [0.717, 1.165) is 18.2 Å². The predicted molar refractivity (Wildman–Crippen MR) is 81.9 cm³/mol. The van der Waals surface area contributed by atoms with Crippen molar-refractivity contribution in [1.82, 2.24) is 0 Å². The number of primary sulfonamides is 1. The number of hydrogen-bond acceptors (Lipinski definition) is 4. The molecule has 5 nitrogen and oxygen atoms in total. The molecule has 2 aromatic rings. The Morgan fingerprint density at radius 3 is 2.42 bits per heavy atom. The molecule has 0 saturated carbocycles. The molecular weight excluding hydrogens is 340 g/mol. The number of nitrogens with two attached hydrogens (primary N) is 1. The van der Waals surface area contributed by atoms with Crippen molar-refractivity contribution in [2.24, 2.45) is 5.14 Å². The fourth-order valence-corrected chi connectivity index (χ4v) is 3.08. The molecule has 1 aliphatic rings. The Hall–Kier alpha value is -2.58. The first kappa shape index (κ1) is 16.3. The van der Waals surface area contributed by atoms with Crippen LogP contribution in [0.2, 0.25) is 0 Å². The molecule has 0 amide bonds. The van der Waals surface area contributed by atoms with Crippen LogP contribution in [0.3, 0.4) is 0 Å². The normalized spacial score (nSPS) is 14.9. The van der Waals surface area contributed by atoms with Crippen LogP contribution in [0.1, 0.15) is 11.1 Å². The third-order valence-corrected chi connectivity index (χ3v) is 4.50. The second-order valence-corrected chi connectivity index (χ2v) is 6.66. The number of ether oxygens (including phenoxy) is 1. The monoisotopic (exact) mass is 351 g/mol. The molecule has 0 spiro atoms. The highest BCUT2D eigenvalue weighted by molar-refractivity contribution is 7.89. The van der Waals surface area contributed by atoms with Crippen molar-refractivity contribution < 1.29 is 26.7 Å². The first-order valence-corrected chi connectivity index (χ1v) is 8.31. The molecule has 0 unspecified atom stereocenters. The smallest absolute Gasteiger partial charge is 0.339 e. The maximum Gasteiger partial charge on any atom is 0.339 e. The molecule has 0 fully saturated rings. The van der Waals surface area contributed by atoms with Crippen molar-refractivity contribution in [2.75, 3.05) is 6.61 Å². The number of hydrogen-bond donors (Lipinski definition) is 1. The van der Waals surface area contributed by atoms with E-state index in [1.165, 1.54) is 24.3 Å². The van der Waals surface area contributed by atoms with E-state index >= 15 is 0 Å². The van der Waals surface area contributed by atoms with E-state index in [1.54, 1.807) is 0 Å². The minimum Gasteiger partial charge on any atom is -0.457 e. The van der Waals surface area contributed by atoms with Gasteiger partial charge in [-0.1, -0.05) is 18.2 Å². The van der Waals surface area contributed by atoms with E-state index < -0.39 is 32.5 Å².